The van der Waals surface area contributed by atoms with Gasteiger partial charge in [0.1, 0.15) is 0 Å². The van der Waals surface area contributed by atoms with E-state index in [9.17, 15) is 0 Å². The predicted octanol–water partition coefficient (Wildman–Crippen LogP) is 3.45. The molecule has 1 aliphatic carbocycles. The van der Waals surface area contributed by atoms with E-state index in [1.165, 1.54) is 35.1 Å². The molecule has 3 rings (SSSR count). The lowest BCUT2D eigenvalue weighted by Crippen LogP contribution is -2.22. The molecule has 0 saturated heterocycles. The molecule has 2 atom stereocenters. The molecule has 2 heteroatoms. The fourth-order valence-corrected chi connectivity index (χ4v) is 3.36. The molecule has 0 spiro atoms. The van der Waals surface area contributed by atoms with E-state index in [1.807, 2.05) is 0 Å². The lowest BCUT2D eigenvalue weighted by atomic mass is 9.92. The topological polar surface area (TPSA) is 52.0 Å². The van der Waals surface area contributed by atoms with Gasteiger partial charge in [-0.25, -0.2) is 0 Å². The number of nitrogens with two attached hydrogens (primary N) is 2. The summed E-state index contributed by atoms with van der Waals surface area (Å²) in [6.07, 6.45) is 4.60. The van der Waals surface area contributed by atoms with E-state index in [0.29, 0.717) is 18.5 Å². The number of hydrogen-bond donors (Lipinski definition) is 2. The van der Waals surface area contributed by atoms with Gasteiger partial charge in [-0.3, -0.25) is 0 Å². The van der Waals surface area contributed by atoms with Crippen LogP contribution in [0.3, 0.4) is 0 Å². The van der Waals surface area contributed by atoms with Crippen molar-refractivity contribution in [3.63, 3.8) is 0 Å². The van der Waals surface area contributed by atoms with Crippen LogP contribution in [-0.4, -0.2) is 12.6 Å². The molecule has 0 aromatic heterocycles. The maximum Gasteiger partial charge on any atom is 0.0108 e. The minimum atomic E-state index is 0.339. The maximum atomic E-state index is 6.20. The van der Waals surface area contributed by atoms with Gasteiger partial charge in [0, 0.05) is 6.04 Å². The zero-order valence-corrected chi connectivity index (χ0v) is 12.5. The van der Waals surface area contributed by atoms with E-state index >= 15 is 0 Å². The second kappa shape index (κ2) is 6.42. The highest BCUT2D eigenvalue weighted by molar-refractivity contribution is 5.64. The fraction of sp³-hybridized carbons (Fsp3) is 0.368. The summed E-state index contributed by atoms with van der Waals surface area (Å²) >= 11 is 0. The molecular weight excluding hydrogens is 256 g/mol. The minimum absolute atomic E-state index is 0.339. The Morgan fingerprint density at radius 1 is 0.857 bits per heavy atom. The van der Waals surface area contributed by atoms with Gasteiger partial charge in [-0.2, -0.15) is 0 Å². The van der Waals surface area contributed by atoms with Crippen molar-refractivity contribution in [3.05, 3.63) is 59.7 Å². The number of benzene rings is 2. The molecule has 2 unspecified atom stereocenters. The van der Waals surface area contributed by atoms with Crippen LogP contribution in [0, 0.1) is 0 Å². The standard InChI is InChI=1S/C19H24N2/c20-13-12-14-4-6-15(7-5-14)16-8-10-17(11-9-16)18-2-1-3-19(18)21/h4-11,18-19H,1-3,12-13,20-21H2. The summed E-state index contributed by atoms with van der Waals surface area (Å²) < 4.78 is 0. The van der Waals surface area contributed by atoms with Gasteiger partial charge in [0.25, 0.3) is 0 Å². The van der Waals surface area contributed by atoms with Crippen molar-refractivity contribution in [1.82, 2.24) is 0 Å². The first-order chi connectivity index (χ1) is 10.3. The van der Waals surface area contributed by atoms with Crippen LogP contribution in [0.15, 0.2) is 48.5 Å². The quantitative estimate of drug-likeness (QED) is 0.901. The van der Waals surface area contributed by atoms with Crippen LogP contribution in [0.2, 0.25) is 0 Å². The molecule has 0 amide bonds. The van der Waals surface area contributed by atoms with E-state index in [1.54, 1.807) is 0 Å². The number of rotatable bonds is 4. The van der Waals surface area contributed by atoms with Crippen LogP contribution in [-0.2, 0) is 6.42 Å². The Bertz CT molecular complexity index is 572. The molecule has 1 saturated carbocycles. The minimum Gasteiger partial charge on any atom is -0.330 e. The van der Waals surface area contributed by atoms with Gasteiger partial charge in [-0.1, -0.05) is 55.0 Å². The van der Waals surface area contributed by atoms with Crippen molar-refractivity contribution in [1.29, 1.82) is 0 Å². The summed E-state index contributed by atoms with van der Waals surface area (Å²) in [7, 11) is 0. The van der Waals surface area contributed by atoms with E-state index in [-0.39, 0.29) is 0 Å². The van der Waals surface area contributed by atoms with Crippen molar-refractivity contribution in [2.75, 3.05) is 6.54 Å². The maximum absolute atomic E-state index is 6.20. The van der Waals surface area contributed by atoms with Crippen LogP contribution in [0.1, 0.15) is 36.3 Å². The lowest BCUT2D eigenvalue weighted by molar-refractivity contribution is 0.613. The van der Waals surface area contributed by atoms with Crippen molar-refractivity contribution >= 4 is 0 Å². The Hall–Kier alpha value is -1.64. The monoisotopic (exact) mass is 280 g/mol. The smallest absolute Gasteiger partial charge is 0.0108 e. The molecular formula is C19H24N2. The third-order valence-electron chi connectivity index (χ3n) is 4.63. The Labute approximate surface area is 127 Å². The molecule has 1 aliphatic rings. The Balaban J connectivity index is 1.77. The third kappa shape index (κ3) is 3.17. The zero-order valence-electron chi connectivity index (χ0n) is 12.5. The van der Waals surface area contributed by atoms with E-state index in [4.69, 9.17) is 11.5 Å². The first-order valence-corrected chi connectivity index (χ1v) is 7.93. The van der Waals surface area contributed by atoms with Gasteiger partial charge in [-0.05, 0) is 54.0 Å². The summed E-state index contributed by atoms with van der Waals surface area (Å²) in [6, 6.07) is 18.0. The summed E-state index contributed by atoms with van der Waals surface area (Å²) in [5, 5.41) is 0. The van der Waals surface area contributed by atoms with Gasteiger partial charge in [-0.15, -0.1) is 0 Å². The summed E-state index contributed by atoms with van der Waals surface area (Å²) in [5.74, 6) is 0.547. The van der Waals surface area contributed by atoms with Gasteiger partial charge in [0.2, 0.25) is 0 Å². The van der Waals surface area contributed by atoms with Crippen LogP contribution < -0.4 is 11.5 Å². The first-order valence-electron chi connectivity index (χ1n) is 7.93. The molecule has 0 heterocycles. The molecule has 2 aromatic rings. The Morgan fingerprint density at radius 3 is 2.00 bits per heavy atom. The zero-order chi connectivity index (χ0) is 14.7. The molecule has 4 N–H and O–H groups in total. The highest BCUT2D eigenvalue weighted by Gasteiger charge is 2.25. The van der Waals surface area contributed by atoms with E-state index in [0.717, 1.165) is 12.8 Å². The summed E-state index contributed by atoms with van der Waals surface area (Å²) in [5.41, 5.74) is 17.0. The summed E-state index contributed by atoms with van der Waals surface area (Å²) in [4.78, 5) is 0. The largest absolute Gasteiger partial charge is 0.330 e. The second-order valence-corrected chi connectivity index (χ2v) is 6.06. The van der Waals surface area contributed by atoms with Gasteiger partial charge in [0.05, 0.1) is 0 Å². The number of hydrogen-bond acceptors (Lipinski definition) is 2. The molecule has 21 heavy (non-hydrogen) atoms. The van der Waals surface area contributed by atoms with Gasteiger partial charge < -0.3 is 11.5 Å². The van der Waals surface area contributed by atoms with Crippen LogP contribution in [0.4, 0.5) is 0 Å². The lowest BCUT2D eigenvalue weighted by Gasteiger charge is -2.16. The van der Waals surface area contributed by atoms with Gasteiger partial charge >= 0.3 is 0 Å². The molecule has 0 aliphatic heterocycles. The average Bonchev–Trinajstić information content (AvgIpc) is 2.95. The van der Waals surface area contributed by atoms with Crippen molar-refractivity contribution < 1.29 is 0 Å². The molecule has 2 aromatic carbocycles. The van der Waals surface area contributed by atoms with E-state index < -0.39 is 0 Å². The molecule has 2 nitrogen and oxygen atoms in total. The van der Waals surface area contributed by atoms with Crippen molar-refractivity contribution in [2.45, 2.75) is 37.6 Å². The van der Waals surface area contributed by atoms with Crippen molar-refractivity contribution in [3.8, 4) is 11.1 Å². The summed E-state index contributed by atoms with van der Waals surface area (Å²) in [6.45, 7) is 0.704. The highest BCUT2D eigenvalue weighted by Crippen LogP contribution is 2.34. The first kappa shape index (κ1) is 14.3. The second-order valence-electron chi connectivity index (χ2n) is 6.06. The average molecular weight is 280 g/mol. The normalized spacial score (nSPS) is 21.6. The predicted molar refractivity (Wildman–Crippen MR) is 89.2 cm³/mol. The Morgan fingerprint density at radius 2 is 1.48 bits per heavy atom. The van der Waals surface area contributed by atoms with E-state index in [2.05, 4.69) is 48.5 Å². The molecule has 0 radical (unpaired) electrons. The molecule has 0 bridgehead atoms. The molecule has 110 valence electrons. The van der Waals surface area contributed by atoms with Crippen molar-refractivity contribution in [2.24, 2.45) is 11.5 Å². The van der Waals surface area contributed by atoms with Gasteiger partial charge in [0.15, 0.2) is 0 Å². The van der Waals surface area contributed by atoms with Crippen LogP contribution in [0.25, 0.3) is 11.1 Å². The highest BCUT2D eigenvalue weighted by atomic mass is 14.7. The third-order valence-corrected chi connectivity index (χ3v) is 4.63. The van der Waals surface area contributed by atoms with Crippen LogP contribution in [0.5, 0.6) is 0 Å². The Kier molecular flexibility index (Phi) is 4.37. The fourth-order valence-electron chi connectivity index (χ4n) is 3.36. The molecule has 1 fully saturated rings. The SMILES string of the molecule is NCCc1ccc(-c2ccc(C3CCCC3N)cc2)cc1. The van der Waals surface area contributed by atoms with Crippen LogP contribution >= 0.6 is 0 Å².